The highest BCUT2D eigenvalue weighted by atomic mass is 32.1. The van der Waals surface area contributed by atoms with Crippen LogP contribution in [0, 0.1) is 12.3 Å². The molecule has 0 aromatic carbocycles. The van der Waals surface area contributed by atoms with Gasteiger partial charge in [0.15, 0.2) is 5.01 Å². The second-order valence-corrected chi connectivity index (χ2v) is 12.3. The summed E-state index contributed by atoms with van der Waals surface area (Å²) in [5.41, 5.74) is 1.04. The van der Waals surface area contributed by atoms with E-state index in [0.29, 0.717) is 11.4 Å². The molecule has 1 saturated heterocycles. The van der Waals surface area contributed by atoms with Crippen molar-refractivity contribution in [2.24, 2.45) is 5.41 Å². The van der Waals surface area contributed by atoms with Crippen molar-refractivity contribution in [2.45, 2.75) is 85.9 Å². The van der Waals surface area contributed by atoms with E-state index in [0.717, 1.165) is 36.3 Å². The number of aliphatic hydroxyl groups is 1. The van der Waals surface area contributed by atoms with Gasteiger partial charge in [0.2, 0.25) is 0 Å². The molecule has 2 amide bonds. The van der Waals surface area contributed by atoms with Crippen LogP contribution in [0.4, 0.5) is 5.82 Å². The van der Waals surface area contributed by atoms with Crippen LogP contribution in [0.3, 0.4) is 0 Å². The molecule has 0 spiro atoms. The molecule has 9 heteroatoms. The van der Waals surface area contributed by atoms with Crippen LogP contribution in [0.2, 0.25) is 0 Å². The predicted molar refractivity (Wildman–Crippen MR) is 141 cm³/mol. The molecule has 8 nitrogen and oxygen atoms in total. The van der Waals surface area contributed by atoms with Gasteiger partial charge in [-0.15, -0.1) is 11.3 Å². The van der Waals surface area contributed by atoms with E-state index in [2.05, 4.69) is 41.4 Å². The molecule has 3 rings (SSSR count). The Morgan fingerprint density at radius 1 is 1.29 bits per heavy atom. The number of aromatic nitrogens is 2. The summed E-state index contributed by atoms with van der Waals surface area (Å²) in [7, 11) is 0. The fraction of sp³-hybridized carbons (Fsp3) is 0.615. The fourth-order valence-corrected chi connectivity index (χ4v) is 4.83. The molecule has 2 aromatic rings. The van der Waals surface area contributed by atoms with Crippen LogP contribution in [0.25, 0.3) is 10.4 Å². The summed E-state index contributed by atoms with van der Waals surface area (Å²) in [4.78, 5) is 38.1. The smallest absolute Gasteiger partial charge is 0.280 e. The molecule has 1 aliphatic heterocycles. The van der Waals surface area contributed by atoms with Gasteiger partial charge in [-0.05, 0) is 64.5 Å². The largest absolute Gasteiger partial charge is 0.388 e. The van der Waals surface area contributed by atoms with Crippen LogP contribution in [0.5, 0.6) is 0 Å². The summed E-state index contributed by atoms with van der Waals surface area (Å²) in [5, 5.41) is 16.6. The van der Waals surface area contributed by atoms with Crippen molar-refractivity contribution < 1.29 is 14.7 Å². The summed E-state index contributed by atoms with van der Waals surface area (Å²) in [6.07, 6.45) is 3.66. The van der Waals surface area contributed by atoms with Crippen LogP contribution < -0.4 is 10.6 Å². The number of aryl methyl sites for hydroxylation is 1. The van der Waals surface area contributed by atoms with Gasteiger partial charge < -0.3 is 20.6 Å². The van der Waals surface area contributed by atoms with E-state index in [1.807, 2.05) is 24.8 Å². The topological polar surface area (TPSA) is 107 Å². The average Bonchev–Trinajstić information content (AvgIpc) is 3.37. The maximum Gasteiger partial charge on any atom is 0.280 e. The maximum absolute atomic E-state index is 13.5. The molecule has 192 valence electrons. The van der Waals surface area contributed by atoms with Gasteiger partial charge in [-0.3, -0.25) is 9.59 Å². The first-order chi connectivity index (χ1) is 16.2. The molecule has 0 bridgehead atoms. The highest BCUT2D eigenvalue weighted by molar-refractivity contribution is 7.17. The number of pyridine rings is 1. The molecule has 2 atom stereocenters. The monoisotopic (exact) mass is 501 g/mol. The van der Waals surface area contributed by atoms with E-state index < -0.39 is 17.6 Å². The molecule has 3 N–H and O–H groups in total. The Hall–Kier alpha value is -2.52. The molecular formula is C26H39N5O3S. The van der Waals surface area contributed by atoms with Crippen molar-refractivity contribution >= 4 is 29.0 Å². The lowest BCUT2D eigenvalue weighted by atomic mass is 9.97. The van der Waals surface area contributed by atoms with Crippen molar-refractivity contribution in [1.82, 2.24) is 20.2 Å². The molecule has 0 saturated carbocycles. The lowest BCUT2D eigenvalue weighted by Gasteiger charge is -2.26. The van der Waals surface area contributed by atoms with Crippen molar-refractivity contribution in [1.29, 1.82) is 0 Å². The molecule has 2 aromatic heterocycles. The van der Waals surface area contributed by atoms with Crippen molar-refractivity contribution in [3.63, 3.8) is 0 Å². The van der Waals surface area contributed by atoms with Crippen molar-refractivity contribution in [3.8, 4) is 10.4 Å². The van der Waals surface area contributed by atoms with Crippen LogP contribution in [0.1, 0.15) is 87.2 Å². The van der Waals surface area contributed by atoms with Crippen LogP contribution in [0.15, 0.2) is 12.3 Å². The van der Waals surface area contributed by atoms with Gasteiger partial charge in [-0.25, -0.2) is 9.97 Å². The molecular weight excluding hydrogens is 462 g/mol. The quantitative estimate of drug-likeness (QED) is 0.516. The molecule has 3 heterocycles. The molecule has 1 fully saturated rings. The van der Waals surface area contributed by atoms with Crippen LogP contribution in [-0.2, 0) is 0 Å². The lowest BCUT2D eigenvalue weighted by molar-refractivity contribution is 0.0408. The number of carbonyl (C=O) groups excluding carboxylic acids is 2. The zero-order valence-electron chi connectivity index (χ0n) is 22.2. The van der Waals surface area contributed by atoms with Gasteiger partial charge in [-0.1, -0.05) is 20.8 Å². The Morgan fingerprint density at radius 2 is 1.97 bits per heavy atom. The van der Waals surface area contributed by atoms with E-state index in [-0.39, 0.29) is 28.1 Å². The number of anilines is 1. The summed E-state index contributed by atoms with van der Waals surface area (Å²) < 4.78 is 0. The van der Waals surface area contributed by atoms with Crippen LogP contribution in [-0.4, -0.2) is 62.6 Å². The Kier molecular flexibility index (Phi) is 7.91. The molecule has 1 aliphatic rings. The summed E-state index contributed by atoms with van der Waals surface area (Å²) >= 11 is 1.19. The maximum atomic E-state index is 13.5. The minimum atomic E-state index is -1.09. The third-order valence-electron chi connectivity index (χ3n) is 6.40. The second-order valence-electron chi connectivity index (χ2n) is 11.3. The minimum Gasteiger partial charge on any atom is -0.388 e. The van der Waals surface area contributed by atoms with Gasteiger partial charge in [0.25, 0.3) is 11.8 Å². The summed E-state index contributed by atoms with van der Waals surface area (Å²) in [6.45, 7) is 16.9. The van der Waals surface area contributed by atoms with Crippen molar-refractivity contribution in [3.05, 3.63) is 28.5 Å². The molecule has 0 unspecified atom stereocenters. The summed E-state index contributed by atoms with van der Waals surface area (Å²) in [6, 6.07) is 1.60. The van der Waals surface area contributed by atoms with Gasteiger partial charge in [-0.2, -0.15) is 0 Å². The van der Waals surface area contributed by atoms with E-state index in [4.69, 9.17) is 0 Å². The molecule has 0 aliphatic carbocycles. The van der Waals surface area contributed by atoms with Gasteiger partial charge in [0, 0.05) is 30.9 Å². The SMILES string of the molecule is Cc1cc(NCC(C)(C)C)ncc1-c1sc(C(=O)N[C@H](C)C(C)(C)O)nc1C(=O)N1CCC[C@@H]1C. The number of amides is 2. The third-order valence-corrected chi connectivity index (χ3v) is 7.49. The number of likely N-dealkylation sites (tertiary alicyclic amines) is 1. The number of thiazole rings is 1. The van der Waals surface area contributed by atoms with E-state index in [1.165, 1.54) is 11.3 Å². The van der Waals surface area contributed by atoms with Crippen molar-refractivity contribution in [2.75, 3.05) is 18.4 Å². The number of rotatable bonds is 7. The van der Waals surface area contributed by atoms with E-state index >= 15 is 0 Å². The zero-order chi connectivity index (χ0) is 26.1. The zero-order valence-corrected chi connectivity index (χ0v) is 23.0. The highest BCUT2D eigenvalue weighted by Gasteiger charge is 2.33. The first-order valence-corrected chi connectivity index (χ1v) is 13.0. The number of nitrogens with one attached hydrogen (secondary N) is 2. The Balaban J connectivity index is 1.99. The van der Waals surface area contributed by atoms with E-state index in [9.17, 15) is 14.7 Å². The fourth-order valence-electron chi connectivity index (χ4n) is 3.80. The first-order valence-electron chi connectivity index (χ1n) is 12.2. The molecule has 35 heavy (non-hydrogen) atoms. The van der Waals surface area contributed by atoms with Gasteiger partial charge >= 0.3 is 0 Å². The lowest BCUT2D eigenvalue weighted by Crippen LogP contribution is -2.47. The highest BCUT2D eigenvalue weighted by Crippen LogP contribution is 2.35. The number of nitrogens with zero attached hydrogens (tertiary/aromatic N) is 3. The second kappa shape index (κ2) is 10.2. The van der Waals surface area contributed by atoms with Crippen LogP contribution >= 0.6 is 11.3 Å². The van der Waals surface area contributed by atoms with E-state index in [1.54, 1.807) is 27.0 Å². The Bertz CT molecular complexity index is 1080. The Morgan fingerprint density at radius 3 is 2.51 bits per heavy atom. The first kappa shape index (κ1) is 27.1. The average molecular weight is 502 g/mol. The standard InChI is InChI=1S/C26H39N5O3S/c1-15-12-19(28-14-25(4,5)6)27-13-18(15)21-20(24(33)31-11-9-10-16(31)2)30-23(35-21)22(32)29-17(3)26(7,8)34/h12-13,16-17,34H,9-11,14H2,1-8H3,(H,27,28)(H,29,32)/t16-,17+/m0/s1. The summed E-state index contributed by atoms with van der Waals surface area (Å²) in [5.74, 6) is 0.197. The molecule has 0 radical (unpaired) electrons. The predicted octanol–water partition coefficient (Wildman–Crippen LogP) is 4.49. The number of carbonyl (C=O) groups is 2. The normalized spacial score (nSPS) is 17.4. The van der Waals surface area contributed by atoms with Gasteiger partial charge in [0.1, 0.15) is 11.5 Å². The number of hydrogen-bond acceptors (Lipinski definition) is 7. The van der Waals surface area contributed by atoms with Gasteiger partial charge in [0.05, 0.1) is 16.5 Å². The Labute approximate surface area is 212 Å². The third kappa shape index (κ3) is 6.58. The minimum absolute atomic E-state index is 0.112. The number of hydrogen-bond donors (Lipinski definition) is 3.